The Morgan fingerprint density at radius 1 is 0.591 bits per heavy atom. The maximum atomic E-state index is 11.4. The summed E-state index contributed by atoms with van der Waals surface area (Å²) in [5, 5.41) is 17.2. The second-order valence-corrected chi connectivity index (χ2v) is 5.22. The van der Waals surface area contributed by atoms with Crippen LogP contribution in [0.5, 0.6) is 0 Å². The second kappa shape index (κ2) is 16.2. The van der Waals surface area contributed by atoms with E-state index in [2.05, 4.69) is 0 Å². The van der Waals surface area contributed by atoms with Gasteiger partial charge in [-0.1, -0.05) is 6.42 Å². The molecule has 0 spiro atoms. The quantitative estimate of drug-likeness (QED) is 0.354. The van der Waals surface area contributed by atoms with E-state index in [4.69, 9.17) is 19.7 Å². The Labute approximate surface area is 132 Å². The average molecular weight is 318 g/mol. The van der Waals surface area contributed by atoms with E-state index in [1.165, 1.54) is 0 Å². The van der Waals surface area contributed by atoms with E-state index in [-0.39, 0.29) is 25.2 Å². The predicted octanol–water partition coefficient (Wildman–Crippen LogP) is 1.96. The van der Waals surface area contributed by atoms with Crippen molar-refractivity contribution < 1.29 is 29.3 Å². The summed E-state index contributed by atoms with van der Waals surface area (Å²) in [5.74, 6) is -0.478. The predicted molar refractivity (Wildman–Crippen MR) is 82.3 cm³/mol. The van der Waals surface area contributed by atoms with Gasteiger partial charge in [0.15, 0.2) is 0 Å². The Balaban J connectivity index is 3.32. The number of unbranched alkanes of at least 4 members (excludes halogenated alkanes) is 5. The molecule has 0 aliphatic carbocycles. The van der Waals surface area contributed by atoms with Crippen LogP contribution in [0.15, 0.2) is 0 Å². The SMILES string of the molecule is O=C(CCCCC(=O)OCCCCCCO)OCCCCO. The van der Waals surface area contributed by atoms with Gasteiger partial charge in [-0.25, -0.2) is 0 Å². The third kappa shape index (κ3) is 15.3. The molecular formula is C16H30O6. The third-order valence-electron chi connectivity index (χ3n) is 3.14. The Bertz CT molecular complexity index is 280. The third-order valence-corrected chi connectivity index (χ3v) is 3.14. The number of esters is 2. The van der Waals surface area contributed by atoms with Gasteiger partial charge < -0.3 is 19.7 Å². The van der Waals surface area contributed by atoms with Gasteiger partial charge in [0.05, 0.1) is 13.2 Å². The highest BCUT2D eigenvalue weighted by Gasteiger charge is 2.06. The van der Waals surface area contributed by atoms with Crippen LogP contribution in [0, 0.1) is 0 Å². The lowest BCUT2D eigenvalue weighted by molar-refractivity contribution is -0.146. The highest BCUT2D eigenvalue weighted by Crippen LogP contribution is 2.05. The van der Waals surface area contributed by atoms with Crippen LogP contribution in [-0.4, -0.2) is 48.6 Å². The molecule has 0 unspecified atom stereocenters. The molecule has 0 rings (SSSR count). The summed E-state index contributed by atoms with van der Waals surface area (Å²) in [6.45, 7) is 1.10. The van der Waals surface area contributed by atoms with Crippen LogP contribution in [0.3, 0.4) is 0 Å². The van der Waals surface area contributed by atoms with Crippen LogP contribution in [0.1, 0.15) is 64.2 Å². The molecule has 0 bridgehead atoms. The van der Waals surface area contributed by atoms with Gasteiger partial charge in [-0.15, -0.1) is 0 Å². The van der Waals surface area contributed by atoms with Crippen molar-refractivity contribution in [3.05, 3.63) is 0 Å². The first-order valence-corrected chi connectivity index (χ1v) is 8.23. The molecule has 0 saturated heterocycles. The van der Waals surface area contributed by atoms with Gasteiger partial charge in [0.2, 0.25) is 0 Å². The first-order valence-electron chi connectivity index (χ1n) is 8.23. The minimum atomic E-state index is -0.254. The highest BCUT2D eigenvalue weighted by atomic mass is 16.5. The Morgan fingerprint density at radius 3 is 1.50 bits per heavy atom. The average Bonchev–Trinajstić information content (AvgIpc) is 2.51. The molecule has 0 aliphatic heterocycles. The zero-order valence-electron chi connectivity index (χ0n) is 13.4. The fourth-order valence-electron chi connectivity index (χ4n) is 1.84. The van der Waals surface area contributed by atoms with Crippen molar-refractivity contribution in [3.8, 4) is 0 Å². The molecule has 0 radical (unpaired) electrons. The van der Waals surface area contributed by atoms with E-state index in [0.29, 0.717) is 51.7 Å². The summed E-state index contributed by atoms with van der Waals surface area (Å²) in [7, 11) is 0. The molecule has 0 atom stereocenters. The van der Waals surface area contributed by atoms with E-state index >= 15 is 0 Å². The van der Waals surface area contributed by atoms with Crippen molar-refractivity contribution in [1.29, 1.82) is 0 Å². The van der Waals surface area contributed by atoms with Gasteiger partial charge in [0.25, 0.3) is 0 Å². The molecule has 0 aromatic carbocycles. The van der Waals surface area contributed by atoms with E-state index in [0.717, 1.165) is 25.7 Å². The molecule has 0 aliphatic rings. The van der Waals surface area contributed by atoms with Gasteiger partial charge >= 0.3 is 11.9 Å². The molecule has 22 heavy (non-hydrogen) atoms. The number of carbonyl (C=O) groups is 2. The van der Waals surface area contributed by atoms with Crippen molar-refractivity contribution in [2.75, 3.05) is 26.4 Å². The summed E-state index contributed by atoms with van der Waals surface area (Å²) >= 11 is 0. The fourth-order valence-corrected chi connectivity index (χ4v) is 1.84. The number of hydrogen-bond donors (Lipinski definition) is 2. The van der Waals surface area contributed by atoms with Crippen molar-refractivity contribution in [2.24, 2.45) is 0 Å². The molecule has 6 nitrogen and oxygen atoms in total. The number of aliphatic hydroxyl groups excluding tert-OH is 2. The lowest BCUT2D eigenvalue weighted by Gasteiger charge is -2.05. The van der Waals surface area contributed by atoms with Crippen molar-refractivity contribution in [2.45, 2.75) is 64.2 Å². The van der Waals surface area contributed by atoms with Crippen molar-refractivity contribution in [1.82, 2.24) is 0 Å². The van der Waals surface area contributed by atoms with Crippen LogP contribution in [-0.2, 0) is 19.1 Å². The Kier molecular flexibility index (Phi) is 15.4. The number of hydrogen-bond acceptors (Lipinski definition) is 6. The minimum Gasteiger partial charge on any atom is -0.466 e. The van der Waals surface area contributed by atoms with Gasteiger partial charge in [-0.3, -0.25) is 9.59 Å². The summed E-state index contributed by atoms with van der Waals surface area (Å²) in [4.78, 5) is 22.7. The molecule has 130 valence electrons. The van der Waals surface area contributed by atoms with E-state index in [9.17, 15) is 9.59 Å². The van der Waals surface area contributed by atoms with Crippen LogP contribution < -0.4 is 0 Å². The van der Waals surface area contributed by atoms with Gasteiger partial charge in [0.1, 0.15) is 0 Å². The highest BCUT2D eigenvalue weighted by molar-refractivity contribution is 5.70. The molecule has 0 aromatic heterocycles. The van der Waals surface area contributed by atoms with E-state index in [1.54, 1.807) is 0 Å². The normalized spacial score (nSPS) is 10.5. The summed E-state index contributed by atoms with van der Waals surface area (Å²) in [5.41, 5.74) is 0. The largest absolute Gasteiger partial charge is 0.466 e. The standard InChI is InChI=1S/C16H30O6/c17-11-5-1-2-7-13-21-15(19)9-3-4-10-16(20)22-14-8-6-12-18/h17-18H,1-14H2. The van der Waals surface area contributed by atoms with Crippen LogP contribution in [0.4, 0.5) is 0 Å². The van der Waals surface area contributed by atoms with Crippen molar-refractivity contribution >= 4 is 11.9 Å². The smallest absolute Gasteiger partial charge is 0.305 e. The summed E-state index contributed by atoms with van der Waals surface area (Å²) in [6.07, 6.45) is 6.72. The van der Waals surface area contributed by atoms with E-state index < -0.39 is 0 Å². The lowest BCUT2D eigenvalue weighted by Crippen LogP contribution is -2.08. The van der Waals surface area contributed by atoms with Crippen LogP contribution >= 0.6 is 0 Å². The molecule has 0 fully saturated rings. The van der Waals surface area contributed by atoms with Crippen molar-refractivity contribution in [3.63, 3.8) is 0 Å². The second-order valence-electron chi connectivity index (χ2n) is 5.22. The molecule has 6 heteroatoms. The maximum absolute atomic E-state index is 11.4. The lowest BCUT2D eigenvalue weighted by atomic mass is 10.2. The summed E-state index contributed by atoms with van der Waals surface area (Å²) in [6, 6.07) is 0. The van der Waals surface area contributed by atoms with Gasteiger partial charge in [0, 0.05) is 26.1 Å². The Hall–Kier alpha value is -1.14. The van der Waals surface area contributed by atoms with E-state index in [1.807, 2.05) is 0 Å². The number of ether oxygens (including phenoxy) is 2. The van der Waals surface area contributed by atoms with Crippen LogP contribution in [0.2, 0.25) is 0 Å². The number of carbonyl (C=O) groups excluding carboxylic acids is 2. The molecular weight excluding hydrogens is 288 g/mol. The molecule has 0 aromatic rings. The molecule has 0 saturated carbocycles. The Morgan fingerprint density at radius 2 is 1.00 bits per heavy atom. The zero-order chi connectivity index (χ0) is 16.5. The van der Waals surface area contributed by atoms with Gasteiger partial charge in [-0.05, 0) is 44.9 Å². The number of rotatable bonds is 15. The molecule has 2 N–H and O–H groups in total. The topological polar surface area (TPSA) is 93.1 Å². The fraction of sp³-hybridized carbons (Fsp3) is 0.875. The number of aliphatic hydroxyl groups is 2. The monoisotopic (exact) mass is 318 g/mol. The first-order chi connectivity index (χ1) is 10.7. The molecule has 0 amide bonds. The van der Waals surface area contributed by atoms with Gasteiger partial charge in [-0.2, -0.15) is 0 Å². The zero-order valence-corrected chi connectivity index (χ0v) is 13.4. The molecule has 0 heterocycles. The first kappa shape index (κ1) is 20.9. The maximum Gasteiger partial charge on any atom is 0.305 e. The van der Waals surface area contributed by atoms with Crippen LogP contribution in [0.25, 0.3) is 0 Å². The minimum absolute atomic E-state index is 0.112. The summed E-state index contributed by atoms with van der Waals surface area (Å²) < 4.78 is 10.1.